The van der Waals surface area contributed by atoms with Crippen LogP contribution in [-0.4, -0.2) is 13.2 Å². The molecule has 0 aliphatic rings. The van der Waals surface area contributed by atoms with Crippen LogP contribution in [0.15, 0.2) is 0 Å². The molecule has 0 saturated carbocycles. The third-order valence-electron chi connectivity index (χ3n) is 4.99. The van der Waals surface area contributed by atoms with Gasteiger partial charge >= 0.3 is 29.6 Å². The van der Waals surface area contributed by atoms with Gasteiger partial charge in [0, 0.05) is 0 Å². The zero-order valence-corrected chi connectivity index (χ0v) is 22.1. The fraction of sp³-hybridized carbons (Fsp3) is 1.00. The quantitative estimate of drug-likeness (QED) is 0.144. The summed E-state index contributed by atoms with van der Waals surface area (Å²) in [6.07, 6.45) is 21.6. The van der Waals surface area contributed by atoms with E-state index in [4.69, 9.17) is 9.05 Å². The molecule has 0 unspecified atom stereocenters. The van der Waals surface area contributed by atoms with Crippen molar-refractivity contribution in [3.05, 3.63) is 0 Å². The van der Waals surface area contributed by atoms with E-state index in [0.29, 0.717) is 0 Å². The van der Waals surface area contributed by atoms with E-state index in [1.165, 1.54) is 77.0 Å². The van der Waals surface area contributed by atoms with E-state index in [-0.39, 0.29) is 42.8 Å². The van der Waals surface area contributed by atoms with Gasteiger partial charge in [-0.2, -0.15) is 0 Å². The Bertz CT molecular complexity index is 314. The fourth-order valence-corrected chi connectivity index (χ4v) is 4.00. The first-order valence-corrected chi connectivity index (χ1v) is 13.2. The molecule has 0 fully saturated rings. The van der Waals surface area contributed by atoms with Crippen molar-refractivity contribution in [2.75, 3.05) is 13.2 Å². The second kappa shape index (κ2) is 24.4. The molecular formula is C22H46NaO4P. The van der Waals surface area contributed by atoms with E-state index >= 15 is 0 Å². The summed E-state index contributed by atoms with van der Waals surface area (Å²) in [5.41, 5.74) is 0. The van der Waals surface area contributed by atoms with Crippen LogP contribution in [0.3, 0.4) is 0 Å². The minimum atomic E-state index is -4.09. The van der Waals surface area contributed by atoms with Crippen molar-refractivity contribution in [3.8, 4) is 0 Å². The van der Waals surface area contributed by atoms with E-state index in [1.54, 1.807) is 0 Å². The molecule has 0 saturated heterocycles. The SMILES string of the molecule is CCCCCCCCCCCOP(=O)([O-])OCCCCCCCCCCC.[Na+]. The zero-order chi connectivity index (χ0) is 20.1. The van der Waals surface area contributed by atoms with Crippen molar-refractivity contribution < 1.29 is 48.1 Å². The monoisotopic (exact) mass is 428 g/mol. The van der Waals surface area contributed by atoms with Crippen LogP contribution in [-0.2, 0) is 13.6 Å². The van der Waals surface area contributed by atoms with Crippen molar-refractivity contribution in [2.24, 2.45) is 0 Å². The number of phosphoric acid groups is 1. The molecule has 6 heteroatoms. The molecule has 0 spiro atoms. The van der Waals surface area contributed by atoms with Gasteiger partial charge in [-0.1, -0.05) is 117 Å². The van der Waals surface area contributed by atoms with E-state index in [2.05, 4.69) is 13.8 Å². The predicted octanol–water partition coefficient (Wildman–Crippen LogP) is 4.55. The number of rotatable bonds is 22. The molecule has 28 heavy (non-hydrogen) atoms. The average molecular weight is 429 g/mol. The maximum atomic E-state index is 11.7. The van der Waals surface area contributed by atoms with Crippen molar-refractivity contribution in [2.45, 2.75) is 129 Å². The molecule has 164 valence electrons. The molecule has 0 aromatic rings. The van der Waals surface area contributed by atoms with Crippen LogP contribution < -0.4 is 34.5 Å². The van der Waals surface area contributed by atoms with Crippen LogP contribution in [0.1, 0.15) is 129 Å². The topological polar surface area (TPSA) is 58.6 Å². The molecule has 0 N–H and O–H groups in total. The van der Waals surface area contributed by atoms with Gasteiger partial charge in [0.25, 0.3) is 7.82 Å². The van der Waals surface area contributed by atoms with Crippen LogP contribution in [0.5, 0.6) is 0 Å². The summed E-state index contributed by atoms with van der Waals surface area (Å²) in [5, 5.41) is 0. The summed E-state index contributed by atoms with van der Waals surface area (Å²) in [6.45, 7) is 4.98. The first-order chi connectivity index (χ1) is 13.1. The van der Waals surface area contributed by atoms with Crippen molar-refractivity contribution in [1.29, 1.82) is 0 Å². The summed E-state index contributed by atoms with van der Waals surface area (Å²) in [6, 6.07) is 0. The second-order valence-corrected chi connectivity index (χ2v) is 9.18. The number of hydrogen-bond donors (Lipinski definition) is 0. The smallest absolute Gasteiger partial charge is 0.756 e. The summed E-state index contributed by atoms with van der Waals surface area (Å²) in [4.78, 5) is 11.7. The van der Waals surface area contributed by atoms with Gasteiger partial charge in [0.1, 0.15) is 0 Å². The van der Waals surface area contributed by atoms with E-state index < -0.39 is 7.82 Å². The van der Waals surface area contributed by atoms with Gasteiger partial charge < -0.3 is 13.9 Å². The molecule has 0 amide bonds. The third-order valence-corrected chi connectivity index (χ3v) is 5.99. The number of phosphoric ester groups is 1. The maximum Gasteiger partial charge on any atom is 1.00 e. The van der Waals surface area contributed by atoms with Gasteiger partial charge in [0.15, 0.2) is 0 Å². The Morgan fingerprint density at radius 2 is 0.786 bits per heavy atom. The summed E-state index contributed by atoms with van der Waals surface area (Å²) < 4.78 is 21.6. The average Bonchev–Trinajstić information content (AvgIpc) is 2.64. The van der Waals surface area contributed by atoms with Crippen LogP contribution in [0.25, 0.3) is 0 Å². The van der Waals surface area contributed by atoms with Crippen molar-refractivity contribution in [3.63, 3.8) is 0 Å². The Morgan fingerprint density at radius 3 is 1.07 bits per heavy atom. The molecular weight excluding hydrogens is 382 g/mol. The van der Waals surface area contributed by atoms with Crippen LogP contribution in [0, 0.1) is 0 Å². The molecule has 0 aromatic heterocycles. The van der Waals surface area contributed by atoms with Gasteiger partial charge in [0.05, 0.1) is 13.2 Å². The fourth-order valence-electron chi connectivity index (χ4n) is 3.22. The van der Waals surface area contributed by atoms with Gasteiger partial charge in [0.2, 0.25) is 0 Å². The molecule has 0 rings (SSSR count). The first kappa shape index (κ1) is 31.3. The molecule has 0 radical (unpaired) electrons. The Morgan fingerprint density at radius 1 is 0.536 bits per heavy atom. The largest absolute Gasteiger partial charge is 1.00 e. The predicted molar refractivity (Wildman–Crippen MR) is 114 cm³/mol. The molecule has 0 aromatic carbocycles. The number of hydrogen-bond acceptors (Lipinski definition) is 4. The Hall–Kier alpha value is 1.11. The Kier molecular flexibility index (Phi) is 27.3. The zero-order valence-electron chi connectivity index (χ0n) is 19.2. The van der Waals surface area contributed by atoms with Gasteiger partial charge in [-0.3, -0.25) is 4.57 Å². The molecule has 0 aliphatic heterocycles. The Labute approximate surface area is 197 Å². The van der Waals surface area contributed by atoms with E-state index in [9.17, 15) is 9.46 Å². The summed E-state index contributed by atoms with van der Waals surface area (Å²) in [7, 11) is -4.09. The normalized spacial score (nSPS) is 11.5. The van der Waals surface area contributed by atoms with E-state index in [1.807, 2.05) is 0 Å². The molecule has 0 aliphatic carbocycles. The van der Waals surface area contributed by atoms with Crippen LogP contribution in [0.2, 0.25) is 0 Å². The maximum absolute atomic E-state index is 11.7. The summed E-state index contributed by atoms with van der Waals surface area (Å²) in [5.74, 6) is 0. The number of unbranched alkanes of at least 4 members (excludes halogenated alkanes) is 16. The van der Waals surface area contributed by atoms with Gasteiger partial charge in [-0.15, -0.1) is 0 Å². The summed E-state index contributed by atoms with van der Waals surface area (Å²) >= 11 is 0. The minimum Gasteiger partial charge on any atom is -0.756 e. The second-order valence-electron chi connectivity index (χ2n) is 7.77. The van der Waals surface area contributed by atoms with E-state index in [0.717, 1.165) is 38.5 Å². The molecule has 0 heterocycles. The standard InChI is InChI=1S/C22H47O4P.Na/c1-3-5-7-9-11-13-15-17-19-21-25-27(23,24)26-22-20-18-16-14-12-10-8-6-4-2;/h3-22H2,1-2H3,(H,23,24);/q;+1/p-1. The van der Waals surface area contributed by atoms with Crippen molar-refractivity contribution in [1.82, 2.24) is 0 Å². The van der Waals surface area contributed by atoms with Gasteiger partial charge in [-0.05, 0) is 12.8 Å². The van der Waals surface area contributed by atoms with Crippen LogP contribution >= 0.6 is 7.82 Å². The third kappa shape index (κ3) is 25.1. The Balaban J connectivity index is 0. The van der Waals surface area contributed by atoms with Gasteiger partial charge in [-0.25, -0.2) is 0 Å². The van der Waals surface area contributed by atoms with Crippen LogP contribution in [0.4, 0.5) is 0 Å². The minimum absolute atomic E-state index is 0. The first-order valence-electron chi connectivity index (χ1n) is 11.7. The molecule has 4 nitrogen and oxygen atoms in total. The molecule has 0 atom stereocenters. The molecule has 0 bridgehead atoms. The van der Waals surface area contributed by atoms with Crippen molar-refractivity contribution >= 4 is 7.82 Å².